The Kier molecular flexibility index (Phi) is 12.0. The fourth-order valence-electron chi connectivity index (χ4n) is 3.55. The van der Waals surface area contributed by atoms with Crippen LogP contribution in [0.1, 0.15) is 18.9 Å². The summed E-state index contributed by atoms with van der Waals surface area (Å²) in [5.74, 6) is -0.590. The predicted molar refractivity (Wildman–Crippen MR) is 155 cm³/mol. The Morgan fingerprint density at radius 1 is 1.16 bits per heavy atom. The molecule has 3 aromatic rings. The number of nitrogens with zero attached hydrogens (tertiary/aromatic N) is 3. The minimum Gasteiger partial charge on any atom is -0.460 e. The molecular weight excluding hydrogens is 627 g/mol. The molecule has 4 rings (SSSR count). The molecule has 232 valence electrons. The van der Waals surface area contributed by atoms with Gasteiger partial charge < -0.3 is 29.3 Å². The van der Waals surface area contributed by atoms with E-state index in [1.54, 1.807) is 42.5 Å². The molecule has 5 unspecified atom stereocenters. The highest BCUT2D eigenvalue weighted by atomic mass is 31.3. The molecule has 16 nitrogen and oxygen atoms in total. The number of hydroxylamine groups is 1. The lowest BCUT2D eigenvalue weighted by Crippen LogP contribution is -2.40. The summed E-state index contributed by atoms with van der Waals surface area (Å²) in [5, 5.41) is 3.68. The zero-order valence-electron chi connectivity index (χ0n) is 22.7. The minimum absolute atomic E-state index is 0.0194. The molecule has 0 aliphatic carbocycles. The first-order valence-electron chi connectivity index (χ1n) is 12.7. The molecule has 5 atom stereocenters. The largest absolute Gasteiger partial charge is 0.466 e. The monoisotopic (exact) mass is 657 g/mol. The van der Waals surface area contributed by atoms with Gasteiger partial charge in [0, 0.05) is 12.6 Å². The summed E-state index contributed by atoms with van der Waals surface area (Å²) in [4.78, 5) is 54.4. The molecule has 19 heteroatoms. The van der Waals surface area contributed by atoms with Crippen LogP contribution in [0.3, 0.4) is 0 Å². The highest BCUT2D eigenvalue weighted by Crippen LogP contribution is 2.60. The van der Waals surface area contributed by atoms with Crippen molar-refractivity contribution >= 4 is 36.7 Å². The lowest BCUT2D eigenvalue weighted by molar-refractivity contribution is -0.146. The number of hydrogen-bond donors (Lipinski definition) is 4. The Morgan fingerprint density at radius 3 is 2.56 bits per heavy atom. The van der Waals surface area contributed by atoms with Gasteiger partial charge >= 0.3 is 36.6 Å². The molecule has 5 N–H and O–H groups in total. The molecule has 0 amide bonds. The second-order valence-electron chi connectivity index (χ2n) is 8.85. The fraction of sp³-hybridized carbons (Fsp3) is 0.292. The molecule has 2 aromatic carbocycles. The topological polar surface area (TPSA) is 206 Å². The van der Waals surface area contributed by atoms with Gasteiger partial charge in [0.2, 0.25) is 0 Å². The van der Waals surface area contributed by atoms with Gasteiger partial charge in [-0.2, -0.15) is 19.9 Å². The summed E-state index contributed by atoms with van der Waals surface area (Å²) in [6.45, 7) is 1.49. The van der Waals surface area contributed by atoms with Crippen LogP contribution in [0.15, 0.2) is 77.7 Å². The van der Waals surface area contributed by atoms with Gasteiger partial charge in [0.25, 0.3) is 0 Å². The van der Waals surface area contributed by atoms with E-state index in [9.17, 15) is 23.9 Å². The maximum Gasteiger partial charge on any atom is 0.466 e. The molecule has 1 fully saturated rings. The number of para-hydroxylation sites is 1. The molecular formula is C24H30N5O11P3. The van der Waals surface area contributed by atoms with Crippen LogP contribution in [0.2, 0.25) is 0 Å². The average molecular weight is 657 g/mol. The van der Waals surface area contributed by atoms with E-state index in [1.165, 1.54) is 36.5 Å². The number of rotatable bonds is 15. The predicted octanol–water partition coefficient (Wildman–Crippen LogP) is 2.86. The van der Waals surface area contributed by atoms with Gasteiger partial charge in [-0.1, -0.05) is 48.5 Å². The van der Waals surface area contributed by atoms with Gasteiger partial charge in [-0.25, -0.2) is 18.0 Å². The average Bonchev–Trinajstić information content (AvgIpc) is 3.44. The maximum atomic E-state index is 13.6. The lowest BCUT2D eigenvalue weighted by Gasteiger charge is -2.24. The molecule has 43 heavy (non-hydrogen) atoms. The van der Waals surface area contributed by atoms with Gasteiger partial charge in [0.15, 0.2) is 0 Å². The van der Waals surface area contributed by atoms with E-state index >= 15 is 0 Å². The zero-order valence-corrected chi connectivity index (χ0v) is 25.4. The van der Waals surface area contributed by atoms with Gasteiger partial charge in [-0.05, 0) is 30.7 Å². The lowest BCUT2D eigenvalue weighted by atomic mass is 10.2. The summed E-state index contributed by atoms with van der Waals surface area (Å²) in [5.41, 5.74) is 5.61. The second kappa shape index (κ2) is 15.6. The van der Waals surface area contributed by atoms with Crippen molar-refractivity contribution < 1.29 is 46.4 Å². The van der Waals surface area contributed by atoms with Crippen molar-refractivity contribution in [2.24, 2.45) is 0 Å². The Hall–Kier alpha value is -3.00. The number of nitrogens with two attached hydrogens (primary N) is 1. The van der Waals surface area contributed by atoms with E-state index in [1.807, 2.05) is 6.07 Å². The van der Waals surface area contributed by atoms with Crippen LogP contribution in [0, 0.1) is 0 Å². The Labute approximate surface area is 248 Å². The van der Waals surface area contributed by atoms with E-state index in [-0.39, 0.29) is 24.8 Å². The van der Waals surface area contributed by atoms with Crippen molar-refractivity contribution in [3.63, 3.8) is 0 Å². The van der Waals surface area contributed by atoms with Gasteiger partial charge in [-0.15, -0.1) is 0 Å². The van der Waals surface area contributed by atoms with Crippen LogP contribution >= 0.6 is 25.0 Å². The minimum atomic E-state index is -4.48. The summed E-state index contributed by atoms with van der Waals surface area (Å²) in [6.07, 6.45) is 1.25. The number of nitrogen functional groups attached to an aromatic ring is 1. The highest BCUT2D eigenvalue weighted by molar-refractivity contribution is 7.64. The van der Waals surface area contributed by atoms with Crippen LogP contribution in [-0.4, -0.2) is 50.7 Å². The van der Waals surface area contributed by atoms with Crippen LogP contribution < -0.4 is 26.2 Å². The fourth-order valence-corrected chi connectivity index (χ4v) is 6.99. The summed E-state index contributed by atoms with van der Waals surface area (Å²) in [7, 11) is -10.3. The van der Waals surface area contributed by atoms with Gasteiger partial charge in [0.1, 0.15) is 30.3 Å². The Balaban J connectivity index is 1.29. The summed E-state index contributed by atoms with van der Waals surface area (Å²) < 4.78 is 40.8. The number of carbonyl (C=O) groups excluding carboxylic acids is 1. The normalized spacial score (nSPS) is 18.4. The van der Waals surface area contributed by atoms with E-state index in [4.69, 9.17) is 33.0 Å². The molecule has 1 aliphatic heterocycles. The Morgan fingerprint density at radius 2 is 1.86 bits per heavy atom. The molecule has 1 aliphatic rings. The molecule has 1 aromatic heterocycles. The van der Waals surface area contributed by atoms with Gasteiger partial charge in [-0.3, -0.25) is 9.63 Å². The van der Waals surface area contributed by atoms with Crippen molar-refractivity contribution in [3.8, 4) is 5.75 Å². The number of esters is 1. The van der Waals surface area contributed by atoms with Gasteiger partial charge in [0.05, 0.1) is 13.2 Å². The first kappa shape index (κ1) is 32.9. The number of nitrogens with one attached hydrogen (secondary N) is 1. The number of ether oxygens (including phenoxy) is 1. The van der Waals surface area contributed by atoms with Crippen molar-refractivity contribution in [1.82, 2.24) is 14.7 Å². The molecule has 0 saturated carbocycles. The third-order valence-electron chi connectivity index (χ3n) is 5.55. The van der Waals surface area contributed by atoms with Crippen LogP contribution in [0.4, 0.5) is 5.82 Å². The summed E-state index contributed by atoms with van der Waals surface area (Å²) >= 11 is 0. The van der Waals surface area contributed by atoms with Crippen molar-refractivity contribution in [3.05, 3.63) is 89.0 Å². The van der Waals surface area contributed by atoms with Crippen molar-refractivity contribution in [2.75, 3.05) is 24.1 Å². The number of anilines is 1. The Bertz CT molecular complexity index is 1440. The maximum absolute atomic E-state index is 13.6. The standard InChI is InChI=1S/C24H30N5O11P3/c1-18(23(30)35-16-19-8-4-2-5-9-19)27-43(34,38-20-10-6-3-7-11-20)40-42(33)39-41(32)36-17-21-12-15-29(37-21)28-14-13-22(25)26-24(28)31/h2-11,13-14,18,21,32-33H,12,15-17H2,1H3,(H,27,34)(H2,25,26,31). The van der Waals surface area contributed by atoms with Crippen molar-refractivity contribution in [1.29, 1.82) is 0 Å². The zero-order chi connectivity index (χ0) is 30.8. The second-order valence-corrected chi connectivity index (χ2v) is 12.8. The molecule has 0 spiro atoms. The third kappa shape index (κ3) is 10.3. The third-order valence-corrected chi connectivity index (χ3v) is 9.61. The van der Waals surface area contributed by atoms with E-state index in [0.717, 1.165) is 10.2 Å². The van der Waals surface area contributed by atoms with Crippen LogP contribution in [0.5, 0.6) is 5.75 Å². The SMILES string of the molecule is CC(NP(=O)(Oc1ccccc1)OP(O)OP(O)OCC1CCN(n2ccc(N)nc2=O)O1)C(=O)OCc1ccccc1. The number of hydrogen-bond acceptors (Lipinski definition) is 14. The molecule has 0 radical (unpaired) electrons. The summed E-state index contributed by atoms with van der Waals surface area (Å²) in [6, 6.07) is 17.1. The van der Waals surface area contributed by atoms with E-state index < -0.39 is 48.8 Å². The molecule has 1 saturated heterocycles. The number of benzene rings is 2. The molecule has 2 heterocycles. The highest BCUT2D eigenvalue weighted by Gasteiger charge is 2.37. The van der Waals surface area contributed by atoms with Crippen LogP contribution in [-0.2, 0) is 38.7 Å². The smallest absolute Gasteiger partial charge is 0.460 e. The number of carbonyl (C=O) groups is 1. The van der Waals surface area contributed by atoms with E-state index in [2.05, 4.69) is 10.1 Å². The quantitative estimate of drug-likeness (QED) is 0.137. The first-order chi connectivity index (χ1) is 20.6. The van der Waals surface area contributed by atoms with Crippen molar-refractivity contribution in [2.45, 2.75) is 32.1 Å². The number of aromatic nitrogens is 2. The molecule has 0 bridgehead atoms. The first-order valence-corrected chi connectivity index (χ1v) is 16.5. The van der Waals surface area contributed by atoms with E-state index in [0.29, 0.717) is 13.0 Å². The van der Waals surface area contributed by atoms with Crippen LogP contribution in [0.25, 0.3) is 0 Å².